The van der Waals surface area contributed by atoms with E-state index >= 15 is 0 Å². The Hall–Kier alpha value is 0.390. The van der Waals surface area contributed by atoms with Crippen LogP contribution in [0.4, 0.5) is 0 Å². The molecule has 0 saturated carbocycles. The van der Waals surface area contributed by atoms with Crippen molar-refractivity contribution in [3.63, 3.8) is 0 Å². The van der Waals surface area contributed by atoms with E-state index in [1.807, 2.05) is 0 Å². The second-order valence-corrected chi connectivity index (χ2v) is 8.74. The van der Waals surface area contributed by atoms with Crippen LogP contribution >= 0.6 is 24.6 Å². The van der Waals surface area contributed by atoms with Crippen LogP contribution in [0.25, 0.3) is 0 Å². The van der Waals surface area contributed by atoms with Crippen LogP contribution in [-0.4, -0.2) is 21.3 Å². The highest BCUT2D eigenvalue weighted by Crippen LogP contribution is 2.72. The smallest absolute Gasteiger partial charge is 0.316 e. The molecule has 0 aliphatic carbocycles. The zero-order valence-corrected chi connectivity index (χ0v) is 8.47. The lowest BCUT2D eigenvalue weighted by atomic mass is 10.7. The number of hydrogen-bond donors (Lipinski definition) is 3. The molecule has 0 aromatic heterocycles. The van der Waals surface area contributed by atoms with Gasteiger partial charge in [-0.05, 0) is 0 Å². The first kappa shape index (κ1) is 12.4. The minimum Gasteiger partial charge on any atom is -0.316 e. The highest BCUT2D eigenvalue weighted by atomic mass is 33.1. The summed E-state index contributed by atoms with van der Waals surface area (Å²) in [5, 5.41) is 0. The lowest BCUT2D eigenvalue weighted by Crippen LogP contribution is -1.85. The quantitative estimate of drug-likeness (QED) is 0.483. The predicted molar refractivity (Wildman–Crippen MR) is 45.6 cm³/mol. The molecule has 0 aromatic carbocycles. The summed E-state index contributed by atoms with van der Waals surface area (Å²) in [5.74, 6) is 0. The fraction of sp³-hybridized carbons (Fsp3) is 0.333. The fourth-order valence-corrected chi connectivity index (χ4v) is 4.89. The third kappa shape index (κ3) is 7.06. The molecule has 9 heteroatoms. The highest BCUT2D eigenvalue weighted by molar-refractivity contribution is 8.84. The van der Waals surface area contributed by atoms with Crippen molar-refractivity contribution >= 4 is 24.6 Å². The summed E-state index contributed by atoms with van der Waals surface area (Å²) < 4.78 is 25.2. The molecule has 0 fully saturated rings. The molecule has 0 heterocycles. The van der Waals surface area contributed by atoms with Crippen LogP contribution in [0, 0.1) is 0 Å². The molecule has 3 N–H and O–H groups in total. The van der Waals surface area contributed by atoms with E-state index < -0.39 is 24.6 Å². The van der Waals surface area contributed by atoms with E-state index in [0.717, 1.165) is 0 Å². The van der Waals surface area contributed by atoms with Crippen LogP contribution < -0.4 is 0 Å². The summed E-state index contributed by atoms with van der Waals surface area (Å²) in [6.45, 7) is -5.87. The maximum absolute atomic E-state index is 10.7. The molecule has 12 heavy (non-hydrogen) atoms. The van der Waals surface area contributed by atoms with Crippen molar-refractivity contribution in [3.05, 3.63) is 12.7 Å². The van der Waals surface area contributed by atoms with Gasteiger partial charge >= 0.3 is 13.6 Å². The first-order chi connectivity index (χ1) is 5.27. The van der Waals surface area contributed by atoms with Gasteiger partial charge in [0.1, 0.15) is 0 Å². The van der Waals surface area contributed by atoms with E-state index in [2.05, 4.69) is 11.1 Å². The zero-order chi connectivity index (χ0) is 9.83. The van der Waals surface area contributed by atoms with E-state index in [4.69, 9.17) is 14.7 Å². The molecular formula is C3H8O6P2S. The van der Waals surface area contributed by atoms with E-state index in [0.29, 0.717) is 0 Å². The second-order valence-electron chi connectivity index (χ2n) is 1.63. The fourth-order valence-electron chi connectivity index (χ4n) is 0.305. The average molecular weight is 234 g/mol. The predicted octanol–water partition coefficient (Wildman–Crippen LogP) is 1.12. The van der Waals surface area contributed by atoms with Gasteiger partial charge in [0.25, 0.3) is 0 Å². The van der Waals surface area contributed by atoms with Crippen molar-refractivity contribution in [2.45, 2.75) is 0 Å². The summed E-state index contributed by atoms with van der Waals surface area (Å²) in [6.07, 6.45) is 1.20. The van der Waals surface area contributed by atoms with Gasteiger partial charge in [-0.25, -0.2) is 9.13 Å². The average Bonchev–Trinajstić information content (AvgIpc) is 1.78. The summed E-state index contributed by atoms with van der Waals surface area (Å²) in [4.78, 5) is 25.3. The summed E-state index contributed by atoms with van der Waals surface area (Å²) in [6, 6.07) is 0. The van der Waals surface area contributed by atoms with Gasteiger partial charge in [-0.3, -0.25) is 4.52 Å². The molecule has 0 aliphatic heterocycles. The van der Waals surface area contributed by atoms with E-state index in [-0.39, 0.29) is 6.61 Å². The van der Waals surface area contributed by atoms with Gasteiger partial charge < -0.3 is 14.7 Å². The first-order valence-electron chi connectivity index (χ1n) is 2.62. The van der Waals surface area contributed by atoms with Crippen molar-refractivity contribution < 1.29 is 28.3 Å². The molecule has 0 bridgehead atoms. The van der Waals surface area contributed by atoms with Crippen LogP contribution in [0.5, 0.6) is 0 Å². The van der Waals surface area contributed by atoms with Crippen LogP contribution in [0.3, 0.4) is 0 Å². The largest absolute Gasteiger partial charge is 0.398 e. The van der Waals surface area contributed by atoms with Gasteiger partial charge in [-0.2, -0.15) is 0 Å². The Morgan fingerprint density at radius 1 is 1.42 bits per heavy atom. The van der Waals surface area contributed by atoms with Gasteiger partial charge in [-0.1, -0.05) is 6.08 Å². The molecule has 0 radical (unpaired) electrons. The van der Waals surface area contributed by atoms with Crippen LogP contribution in [0.15, 0.2) is 12.7 Å². The minimum atomic E-state index is -4.58. The lowest BCUT2D eigenvalue weighted by molar-refractivity contribution is 0.306. The van der Waals surface area contributed by atoms with E-state index in [9.17, 15) is 9.13 Å². The number of rotatable bonds is 5. The SMILES string of the molecule is C=CCOP(=O)(O)SP(=O)(O)O. The summed E-state index contributed by atoms with van der Waals surface area (Å²) in [5.41, 5.74) is 0. The number of hydrogen-bond acceptors (Lipinski definition) is 4. The van der Waals surface area contributed by atoms with Gasteiger partial charge in [0.05, 0.1) is 17.6 Å². The lowest BCUT2D eigenvalue weighted by Gasteiger charge is -2.09. The van der Waals surface area contributed by atoms with Crippen molar-refractivity contribution in [2.24, 2.45) is 0 Å². The molecule has 72 valence electrons. The third-order valence-electron chi connectivity index (χ3n) is 0.565. The summed E-state index contributed by atoms with van der Waals surface area (Å²) >= 11 is -0.393. The Labute approximate surface area is 72.8 Å². The Kier molecular flexibility index (Phi) is 4.73. The van der Waals surface area contributed by atoms with Gasteiger partial charge in [0, 0.05) is 0 Å². The Balaban J connectivity index is 4.14. The molecule has 0 spiro atoms. The molecule has 0 aliphatic rings. The Morgan fingerprint density at radius 2 is 1.92 bits per heavy atom. The third-order valence-corrected chi connectivity index (χ3v) is 6.80. The normalized spacial score (nSPS) is 16.9. The standard InChI is InChI=1S/C3H8O6P2S/c1-2-3-9-11(7,8)12-10(4,5)6/h2H,1,3H2,(H,7,8)(H2,4,5,6). The van der Waals surface area contributed by atoms with Crippen molar-refractivity contribution in [3.8, 4) is 0 Å². The topological polar surface area (TPSA) is 104 Å². The summed E-state index contributed by atoms with van der Waals surface area (Å²) in [7, 11) is 0. The second kappa shape index (κ2) is 4.58. The maximum atomic E-state index is 10.7. The van der Waals surface area contributed by atoms with E-state index in [1.54, 1.807) is 0 Å². The van der Waals surface area contributed by atoms with Crippen LogP contribution in [0.1, 0.15) is 0 Å². The van der Waals surface area contributed by atoms with Crippen molar-refractivity contribution in [1.82, 2.24) is 0 Å². The van der Waals surface area contributed by atoms with Gasteiger partial charge in [0.15, 0.2) is 0 Å². The monoisotopic (exact) mass is 234 g/mol. The zero-order valence-electron chi connectivity index (χ0n) is 5.86. The van der Waals surface area contributed by atoms with Crippen LogP contribution in [0.2, 0.25) is 0 Å². The van der Waals surface area contributed by atoms with Gasteiger partial charge in [-0.15, -0.1) is 6.58 Å². The molecule has 1 unspecified atom stereocenters. The molecule has 6 nitrogen and oxygen atoms in total. The molecule has 0 amide bonds. The minimum absolute atomic E-state index is 0.235. The molecular weight excluding hydrogens is 226 g/mol. The van der Waals surface area contributed by atoms with Crippen molar-refractivity contribution in [2.75, 3.05) is 6.61 Å². The molecule has 0 aromatic rings. The Morgan fingerprint density at radius 3 is 2.25 bits per heavy atom. The van der Waals surface area contributed by atoms with E-state index in [1.165, 1.54) is 6.08 Å². The molecule has 1 atom stereocenters. The van der Waals surface area contributed by atoms with Crippen LogP contribution in [-0.2, 0) is 13.7 Å². The van der Waals surface area contributed by atoms with Gasteiger partial charge in [0.2, 0.25) is 0 Å². The first-order valence-corrected chi connectivity index (χ1v) is 7.83. The molecule has 0 saturated heterocycles. The maximum Gasteiger partial charge on any atom is 0.398 e. The van der Waals surface area contributed by atoms with Crippen molar-refractivity contribution in [1.29, 1.82) is 0 Å². The Bertz CT molecular complexity index is 245. The highest BCUT2D eigenvalue weighted by Gasteiger charge is 2.31. The molecule has 0 rings (SSSR count).